The first kappa shape index (κ1) is 16.8. The van der Waals surface area contributed by atoms with Crippen LogP contribution in [0.5, 0.6) is 17.2 Å². The molecule has 6 nitrogen and oxygen atoms in total. The van der Waals surface area contributed by atoms with Crippen LogP contribution in [0.1, 0.15) is 35.9 Å². The predicted molar refractivity (Wildman–Crippen MR) is 88.6 cm³/mol. The maximum atomic E-state index is 12.9. The molecule has 2 atom stereocenters. The topological polar surface area (TPSA) is 93.1 Å². The Kier molecular flexibility index (Phi) is 4.35. The molecule has 0 spiro atoms. The number of aromatic hydroxyl groups is 2. The number of carbonyl (C=O) groups excluding carboxylic acids is 2. The lowest BCUT2D eigenvalue weighted by Gasteiger charge is -2.33. The molecule has 0 unspecified atom stereocenters. The van der Waals surface area contributed by atoms with Crippen molar-refractivity contribution in [1.29, 1.82) is 0 Å². The van der Waals surface area contributed by atoms with Crippen LogP contribution in [0, 0.1) is 5.92 Å². The van der Waals surface area contributed by atoms with Gasteiger partial charge in [-0.2, -0.15) is 0 Å². The molecule has 1 aliphatic heterocycles. The summed E-state index contributed by atoms with van der Waals surface area (Å²) >= 11 is 0. The van der Waals surface area contributed by atoms with Gasteiger partial charge in [0, 0.05) is 12.1 Å². The number of fused-ring (bicyclic) bond motifs is 1. The van der Waals surface area contributed by atoms with E-state index in [0.717, 1.165) is 6.07 Å². The zero-order valence-corrected chi connectivity index (χ0v) is 13.8. The van der Waals surface area contributed by atoms with E-state index in [-0.39, 0.29) is 17.1 Å². The zero-order chi connectivity index (χ0) is 18.1. The van der Waals surface area contributed by atoms with Gasteiger partial charge >= 0.3 is 5.97 Å². The van der Waals surface area contributed by atoms with Crippen LogP contribution in [-0.2, 0) is 9.53 Å². The lowest BCUT2D eigenvalue weighted by atomic mass is 9.92. The number of ether oxygens (including phenoxy) is 2. The van der Waals surface area contributed by atoms with Crippen molar-refractivity contribution in [3.8, 4) is 17.2 Å². The molecule has 0 radical (unpaired) electrons. The molecule has 130 valence electrons. The van der Waals surface area contributed by atoms with Crippen LogP contribution in [0.4, 0.5) is 0 Å². The molecule has 2 N–H and O–H groups in total. The van der Waals surface area contributed by atoms with Crippen LogP contribution in [0.25, 0.3) is 0 Å². The summed E-state index contributed by atoms with van der Waals surface area (Å²) in [6.07, 6.45) is -2.09. The highest BCUT2D eigenvalue weighted by molar-refractivity contribution is 6.06. The van der Waals surface area contributed by atoms with Crippen LogP contribution >= 0.6 is 0 Å². The molecule has 1 aliphatic rings. The third kappa shape index (κ3) is 3.15. The van der Waals surface area contributed by atoms with Gasteiger partial charge in [0.05, 0.1) is 5.92 Å². The quantitative estimate of drug-likeness (QED) is 0.833. The van der Waals surface area contributed by atoms with Crippen LogP contribution < -0.4 is 4.74 Å². The van der Waals surface area contributed by atoms with Crippen molar-refractivity contribution in [1.82, 2.24) is 0 Å². The predicted octanol–water partition coefficient (Wildman–Crippen LogP) is 2.98. The summed E-state index contributed by atoms with van der Waals surface area (Å²) in [4.78, 5) is 24.9. The van der Waals surface area contributed by atoms with Crippen molar-refractivity contribution in [2.24, 2.45) is 5.92 Å². The Morgan fingerprint density at radius 2 is 1.84 bits per heavy atom. The summed E-state index contributed by atoms with van der Waals surface area (Å²) in [6, 6.07) is 11.2. The number of Topliss-reactive ketones (excluding diaryl/α,β-unsaturated/α-hetero) is 1. The van der Waals surface area contributed by atoms with Crippen molar-refractivity contribution < 1.29 is 29.3 Å². The standard InChI is InChI=1S/C19H18O6/c1-10(2)19(23)25-18-16(22)15-13(21)8-12(20)9-14(15)24-17(18)11-6-4-3-5-7-11/h3-10,17-18,20-21H,1-2H3/t17-,18+/m1/s1. The molecule has 0 saturated carbocycles. The smallest absolute Gasteiger partial charge is 0.309 e. The first-order valence-corrected chi connectivity index (χ1v) is 7.90. The van der Waals surface area contributed by atoms with E-state index in [4.69, 9.17) is 9.47 Å². The Morgan fingerprint density at radius 1 is 1.16 bits per heavy atom. The molecule has 0 saturated heterocycles. The third-order valence-corrected chi connectivity index (χ3v) is 3.94. The summed E-state index contributed by atoms with van der Waals surface area (Å²) in [5, 5.41) is 19.7. The fourth-order valence-electron chi connectivity index (χ4n) is 2.67. The number of carbonyl (C=O) groups is 2. The molecular weight excluding hydrogens is 324 g/mol. The minimum absolute atomic E-state index is 0.0493. The van der Waals surface area contributed by atoms with E-state index < -0.39 is 35.6 Å². The monoisotopic (exact) mass is 342 g/mol. The SMILES string of the molecule is CC(C)C(=O)O[C@H]1C(=O)c2c(O)cc(O)cc2O[C@@H]1c1ccccc1. The highest BCUT2D eigenvalue weighted by atomic mass is 16.6. The van der Waals surface area contributed by atoms with Gasteiger partial charge in [0.25, 0.3) is 0 Å². The van der Waals surface area contributed by atoms with E-state index in [1.807, 2.05) is 6.07 Å². The van der Waals surface area contributed by atoms with Gasteiger partial charge in [-0.1, -0.05) is 44.2 Å². The Balaban J connectivity index is 2.08. The summed E-state index contributed by atoms with van der Waals surface area (Å²) < 4.78 is 11.2. The molecular formula is C19H18O6. The molecule has 2 aromatic carbocycles. The van der Waals surface area contributed by atoms with Gasteiger partial charge < -0.3 is 19.7 Å². The number of hydrogen-bond donors (Lipinski definition) is 2. The minimum Gasteiger partial charge on any atom is -0.508 e. The van der Waals surface area contributed by atoms with Gasteiger partial charge in [0.2, 0.25) is 11.9 Å². The Hall–Kier alpha value is -3.02. The van der Waals surface area contributed by atoms with E-state index in [1.165, 1.54) is 6.07 Å². The van der Waals surface area contributed by atoms with E-state index in [9.17, 15) is 19.8 Å². The lowest BCUT2D eigenvalue weighted by molar-refractivity contribution is -0.155. The van der Waals surface area contributed by atoms with E-state index in [2.05, 4.69) is 0 Å². The maximum Gasteiger partial charge on any atom is 0.309 e. The molecule has 2 aromatic rings. The third-order valence-electron chi connectivity index (χ3n) is 3.94. The number of phenols is 2. The molecule has 0 aromatic heterocycles. The van der Waals surface area contributed by atoms with E-state index in [0.29, 0.717) is 5.56 Å². The molecule has 0 amide bonds. The number of esters is 1. The van der Waals surface area contributed by atoms with Crippen molar-refractivity contribution in [2.45, 2.75) is 26.1 Å². The molecule has 0 fully saturated rings. The van der Waals surface area contributed by atoms with Crippen LogP contribution in [-0.4, -0.2) is 28.1 Å². The zero-order valence-electron chi connectivity index (χ0n) is 13.8. The van der Waals surface area contributed by atoms with E-state index in [1.54, 1.807) is 38.1 Å². The van der Waals surface area contributed by atoms with Gasteiger partial charge in [0.15, 0.2) is 6.10 Å². The molecule has 1 heterocycles. The summed E-state index contributed by atoms with van der Waals surface area (Å²) in [6.45, 7) is 3.33. The highest BCUT2D eigenvalue weighted by Crippen LogP contribution is 2.42. The summed E-state index contributed by atoms with van der Waals surface area (Å²) in [7, 11) is 0. The number of benzene rings is 2. The largest absolute Gasteiger partial charge is 0.508 e. The Labute approximate surface area is 144 Å². The van der Waals surface area contributed by atoms with Gasteiger partial charge in [-0.15, -0.1) is 0 Å². The van der Waals surface area contributed by atoms with Gasteiger partial charge in [-0.25, -0.2) is 0 Å². The second-order valence-electron chi connectivity index (χ2n) is 6.16. The highest BCUT2D eigenvalue weighted by Gasteiger charge is 2.43. The second kappa shape index (κ2) is 6.47. The normalized spacial score (nSPS) is 19.2. The minimum atomic E-state index is -1.22. The van der Waals surface area contributed by atoms with Gasteiger partial charge in [-0.05, 0) is 5.56 Å². The molecule has 6 heteroatoms. The number of rotatable bonds is 3. The Morgan fingerprint density at radius 3 is 2.48 bits per heavy atom. The Bertz CT molecular complexity index is 812. The lowest BCUT2D eigenvalue weighted by Crippen LogP contribution is -2.40. The van der Waals surface area contributed by atoms with Crippen molar-refractivity contribution in [2.75, 3.05) is 0 Å². The number of phenolic OH excluding ortho intramolecular Hbond substituents is 2. The van der Waals surface area contributed by atoms with Crippen molar-refractivity contribution in [3.63, 3.8) is 0 Å². The van der Waals surface area contributed by atoms with Crippen LogP contribution in [0.2, 0.25) is 0 Å². The molecule has 25 heavy (non-hydrogen) atoms. The number of hydrogen-bond acceptors (Lipinski definition) is 6. The summed E-state index contributed by atoms with van der Waals surface area (Å²) in [5.74, 6) is -2.12. The summed E-state index contributed by atoms with van der Waals surface area (Å²) in [5.41, 5.74) is 0.539. The maximum absolute atomic E-state index is 12.9. The average Bonchev–Trinajstić information content (AvgIpc) is 2.57. The first-order chi connectivity index (χ1) is 11.9. The van der Waals surface area contributed by atoms with Crippen LogP contribution in [0.3, 0.4) is 0 Å². The first-order valence-electron chi connectivity index (χ1n) is 7.90. The fraction of sp³-hybridized carbons (Fsp3) is 0.263. The van der Waals surface area contributed by atoms with Crippen molar-refractivity contribution in [3.05, 3.63) is 53.6 Å². The second-order valence-corrected chi connectivity index (χ2v) is 6.16. The molecule has 0 bridgehead atoms. The fourth-order valence-corrected chi connectivity index (χ4v) is 2.67. The molecule has 3 rings (SSSR count). The van der Waals surface area contributed by atoms with Gasteiger partial charge in [-0.3, -0.25) is 9.59 Å². The van der Waals surface area contributed by atoms with Crippen LogP contribution in [0.15, 0.2) is 42.5 Å². The van der Waals surface area contributed by atoms with E-state index >= 15 is 0 Å². The van der Waals surface area contributed by atoms with Crippen molar-refractivity contribution >= 4 is 11.8 Å². The average molecular weight is 342 g/mol. The number of ketones is 1. The van der Waals surface area contributed by atoms with Gasteiger partial charge in [0.1, 0.15) is 22.8 Å². The molecule has 0 aliphatic carbocycles.